The first-order valence-corrected chi connectivity index (χ1v) is 9.38. The Morgan fingerprint density at radius 2 is 1.84 bits per heavy atom. The monoisotopic (exact) mass is 412 g/mol. The Bertz CT molecular complexity index is 1280. The molecular formula is C24H20N4O3. The van der Waals surface area contributed by atoms with Crippen LogP contribution in [0.2, 0.25) is 0 Å². The van der Waals surface area contributed by atoms with Crippen LogP contribution in [0.1, 0.15) is 22.3 Å². The van der Waals surface area contributed by atoms with Crippen LogP contribution in [-0.4, -0.2) is 12.1 Å². The molecule has 3 N–H and O–H groups in total. The summed E-state index contributed by atoms with van der Waals surface area (Å²) in [5.74, 6) is 1.19. The Hall–Kier alpha value is -4.49. The lowest BCUT2D eigenvalue weighted by Gasteiger charge is -2.15. The number of nitrogen functional groups attached to an aromatic ring is 1. The third-order valence-corrected chi connectivity index (χ3v) is 4.76. The zero-order valence-corrected chi connectivity index (χ0v) is 16.9. The first kappa shape index (κ1) is 21.2. The molecule has 7 nitrogen and oxygen atoms in total. The van der Waals surface area contributed by atoms with Crippen LogP contribution >= 0.6 is 0 Å². The molecule has 0 bridgehead atoms. The van der Waals surface area contributed by atoms with Crippen LogP contribution in [0.5, 0.6) is 11.5 Å². The van der Waals surface area contributed by atoms with E-state index in [0.717, 1.165) is 5.56 Å². The molecule has 31 heavy (non-hydrogen) atoms. The number of H-pyrrole nitrogens is 1. The molecule has 7 heteroatoms. The van der Waals surface area contributed by atoms with Crippen LogP contribution in [0, 0.1) is 22.7 Å². The predicted octanol–water partition coefficient (Wildman–Crippen LogP) is 3.68. The number of hydrogen-bond acceptors (Lipinski definition) is 6. The highest BCUT2D eigenvalue weighted by Gasteiger charge is 2.19. The molecule has 0 aliphatic carbocycles. The van der Waals surface area contributed by atoms with Crippen LogP contribution in [0.15, 0.2) is 59.9 Å². The van der Waals surface area contributed by atoms with Gasteiger partial charge in [-0.05, 0) is 35.7 Å². The van der Waals surface area contributed by atoms with Crippen molar-refractivity contribution in [2.24, 2.45) is 0 Å². The summed E-state index contributed by atoms with van der Waals surface area (Å²) in [5.41, 5.74) is 7.37. The molecule has 0 aliphatic rings. The van der Waals surface area contributed by atoms with Crippen LogP contribution in [0.4, 0.5) is 5.82 Å². The van der Waals surface area contributed by atoms with Gasteiger partial charge in [0.05, 0.1) is 7.11 Å². The minimum absolute atomic E-state index is 0.0320. The van der Waals surface area contributed by atoms with Crippen molar-refractivity contribution in [2.45, 2.75) is 13.0 Å². The number of aromatic nitrogens is 1. The summed E-state index contributed by atoms with van der Waals surface area (Å²) in [6, 6.07) is 16.6. The second-order valence-electron chi connectivity index (χ2n) is 6.63. The van der Waals surface area contributed by atoms with Crippen molar-refractivity contribution in [3.63, 3.8) is 0 Å². The van der Waals surface area contributed by atoms with E-state index >= 15 is 0 Å². The molecule has 0 fully saturated rings. The van der Waals surface area contributed by atoms with Crippen molar-refractivity contribution in [3.8, 4) is 34.8 Å². The van der Waals surface area contributed by atoms with Gasteiger partial charge in [0.25, 0.3) is 5.56 Å². The number of nitrogens with zero attached hydrogens (tertiary/aromatic N) is 2. The van der Waals surface area contributed by atoms with Crippen molar-refractivity contribution in [3.05, 3.63) is 87.7 Å². The highest BCUT2D eigenvalue weighted by Crippen LogP contribution is 2.32. The topological polar surface area (TPSA) is 125 Å². The van der Waals surface area contributed by atoms with Gasteiger partial charge in [-0.25, -0.2) is 0 Å². The highest BCUT2D eigenvalue weighted by molar-refractivity contribution is 5.80. The van der Waals surface area contributed by atoms with E-state index < -0.39 is 5.56 Å². The fourth-order valence-corrected chi connectivity index (χ4v) is 3.30. The van der Waals surface area contributed by atoms with Crippen molar-refractivity contribution in [1.82, 2.24) is 4.98 Å². The maximum Gasteiger partial charge on any atom is 0.268 e. The summed E-state index contributed by atoms with van der Waals surface area (Å²) in [5, 5.41) is 19.1. The van der Waals surface area contributed by atoms with Gasteiger partial charge in [0, 0.05) is 11.1 Å². The Morgan fingerprint density at radius 3 is 2.52 bits per heavy atom. The number of nitriles is 2. The van der Waals surface area contributed by atoms with Crippen molar-refractivity contribution in [1.29, 1.82) is 10.5 Å². The summed E-state index contributed by atoms with van der Waals surface area (Å²) in [7, 11) is 1.54. The van der Waals surface area contributed by atoms with Crippen LogP contribution in [0.3, 0.4) is 0 Å². The number of pyridine rings is 1. The summed E-state index contributed by atoms with van der Waals surface area (Å²) in [6.45, 7) is 3.94. The minimum Gasteiger partial charge on any atom is -0.496 e. The van der Waals surface area contributed by atoms with Gasteiger partial charge in [-0.1, -0.05) is 30.3 Å². The smallest absolute Gasteiger partial charge is 0.268 e. The second kappa shape index (κ2) is 9.34. The minimum atomic E-state index is -0.652. The molecule has 0 atom stereocenters. The quantitative estimate of drug-likeness (QED) is 0.570. The molecular weight excluding hydrogens is 392 g/mol. The van der Waals surface area contributed by atoms with Gasteiger partial charge < -0.3 is 20.2 Å². The van der Waals surface area contributed by atoms with E-state index in [1.54, 1.807) is 24.3 Å². The Labute approximate surface area is 179 Å². The number of nitrogens with one attached hydrogen (secondary N) is 1. The van der Waals surface area contributed by atoms with Gasteiger partial charge in [-0.3, -0.25) is 4.79 Å². The number of aromatic amines is 1. The zero-order valence-electron chi connectivity index (χ0n) is 16.9. The number of allylic oxidation sites excluding steroid dienone is 1. The summed E-state index contributed by atoms with van der Waals surface area (Å²) in [4.78, 5) is 14.6. The Kier molecular flexibility index (Phi) is 6.39. The lowest BCUT2D eigenvalue weighted by atomic mass is 9.95. The lowest BCUT2D eigenvalue weighted by Crippen LogP contribution is -2.16. The molecule has 154 valence electrons. The zero-order chi connectivity index (χ0) is 22.4. The SMILES string of the molecule is C=CCc1ccccc1OCc1cc(-c2c(C#N)c(N)[nH]c(=O)c2C#N)ccc1OC. The van der Waals surface area contributed by atoms with Crippen LogP contribution in [0.25, 0.3) is 11.1 Å². The van der Waals surface area contributed by atoms with E-state index in [9.17, 15) is 15.3 Å². The maximum atomic E-state index is 12.2. The average molecular weight is 412 g/mol. The Morgan fingerprint density at radius 1 is 1.10 bits per heavy atom. The third-order valence-electron chi connectivity index (χ3n) is 4.76. The second-order valence-corrected chi connectivity index (χ2v) is 6.63. The number of rotatable bonds is 7. The highest BCUT2D eigenvalue weighted by atomic mass is 16.5. The van der Waals surface area contributed by atoms with E-state index in [1.165, 1.54) is 7.11 Å². The molecule has 1 aromatic heterocycles. The predicted molar refractivity (Wildman–Crippen MR) is 118 cm³/mol. The molecule has 0 unspecified atom stereocenters. The first-order chi connectivity index (χ1) is 15.0. The number of ether oxygens (including phenoxy) is 2. The largest absolute Gasteiger partial charge is 0.496 e. The fourth-order valence-electron chi connectivity index (χ4n) is 3.30. The molecule has 3 rings (SSSR count). The molecule has 3 aromatic rings. The number of methoxy groups -OCH3 is 1. The number of para-hydroxylation sites is 1. The standard InChI is InChI=1S/C24H20N4O3/c1-3-6-15-7-4-5-8-21(15)31-14-17-11-16(9-10-20(17)30-2)22-18(12-25)23(27)28-24(29)19(22)13-26/h3-5,7-11H,1,6,14H2,2H3,(H3,27,28,29). The van der Waals surface area contributed by atoms with Gasteiger partial charge in [0.1, 0.15) is 47.2 Å². The van der Waals surface area contributed by atoms with Crippen molar-refractivity contribution >= 4 is 5.82 Å². The Balaban J connectivity index is 2.08. The molecule has 0 radical (unpaired) electrons. The van der Waals surface area contributed by atoms with Crippen LogP contribution < -0.4 is 20.8 Å². The molecule has 0 aliphatic heterocycles. The van der Waals surface area contributed by atoms with Crippen molar-refractivity contribution in [2.75, 3.05) is 12.8 Å². The van der Waals surface area contributed by atoms with Crippen molar-refractivity contribution < 1.29 is 9.47 Å². The van der Waals surface area contributed by atoms with E-state index in [0.29, 0.717) is 29.0 Å². The molecule has 2 aromatic carbocycles. The summed E-state index contributed by atoms with van der Waals surface area (Å²) >= 11 is 0. The fraction of sp³-hybridized carbons (Fsp3) is 0.125. The first-order valence-electron chi connectivity index (χ1n) is 9.38. The molecule has 0 amide bonds. The maximum absolute atomic E-state index is 12.2. The number of benzene rings is 2. The number of nitrogens with two attached hydrogens (primary N) is 1. The van der Waals surface area contributed by atoms with E-state index in [1.807, 2.05) is 36.4 Å². The van der Waals surface area contributed by atoms with Gasteiger partial charge >= 0.3 is 0 Å². The normalized spacial score (nSPS) is 10.0. The summed E-state index contributed by atoms with van der Waals surface area (Å²) < 4.78 is 11.5. The molecule has 0 spiro atoms. The van der Waals surface area contributed by atoms with E-state index in [4.69, 9.17) is 15.2 Å². The third kappa shape index (κ3) is 4.26. The molecule has 0 saturated heterocycles. The average Bonchev–Trinajstić information content (AvgIpc) is 2.78. The van der Waals surface area contributed by atoms with Gasteiger partial charge in [-0.15, -0.1) is 6.58 Å². The lowest BCUT2D eigenvalue weighted by molar-refractivity contribution is 0.294. The van der Waals surface area contributed by atoms with Gasteiger partial charge in [-0.2, -0.15) is 10.5 Å². The molecule has 0 saturated carbocycles. The number of hydrogen-bond donors (Lipinski definition) is 2. The van der Waals surface area contributed by atoms with Gasteiger partial charge in [0.2, 0.25) is 0 Å². The summed E-state index contributed by atoms with van der Waals surface area (Å²) in [6.07, 6.45) is 2.46. The van der Waals surface area contributed by atoms with E-state index in [-0.39, 0.29) is 29.1 Å². The van der Waals surface area contributed by atoms with Crippen LogP contribution in [-0.2, 0) is 13.0 Å². The molecule has 1 heterocycles. The van der Waals surface area contributed by atoms with Gasteiger partial charge in [0.15, 0.2) is 0 Å². The van der Waals surface area contributed by atoms with E-state index in [2.05, 4.69) is 11.6 Å². The number of anilines is 1.